The average molecular weight is 289 g/mol. The highest BCUT2D eigenvalue weighted by Crippen LogP contribution is 2.16. The Kier molecular flexibility index (Phi) is 4.76. The van der Waals surface area contributed by atoms with Gasteiger partial charge in [0.25, 0.3) is 10.0 Å². The van der Waals surface area contributed by atoms with Gasteiger partial charge in [0.15, 0.2) is 5.03 Å². The van der Waals surface area contributed by atoms with E-state index in [-0.39, 0.29) is 17.5 Å². The van der Waals surface area contributed by atoms with Crippen molar-refractivity contribution in [2.24, 2.45) is 13.0 Å². The maximum atomic E-state index is 12.0. The van der Waals surface area contributed by atoms with Crippen LogP contribution in [0, 0.1) is 12.8 Å². The molecule has 1 aromatic rings. The van der Waals surface area contributed by atoms with Gasteiger partial charge in [0.05, 0.1) is 5.60 Å². The highest BCUT2D eigenvalue weighted by atomic mass is 32.2. The first-order valence-electron chi connectivity index (χ1n) is 6.25. The van der Waals surface area contributed by atoms with E-state index in [1.807, 2.05) is 13.8 Å². The fraction of sp³-hybridized carbons (Fsp3) is 0.750. The van der Waals surface area contributed by atoms with Crippen molar-refractivity contribution >= 4 is 10.0 Å². The first kappa shape index (κ1) is 16.1. The molecule has 0 fully saturated rings. The van der Waals surface area contributed by atoms with Crippen LogP contribution in [0.2, 0.25) is 0 Å². The van der Waals surface area contributed by atoms with E-state index in [0.717, 1.165) is 0 Å². The van der Waals surface area contributed by atoms with Crippen molar-refractivity contribution < 1.29 is 13.5 Å². The molecule has 110 valence electrons. The number of sulfonamides is 1. The van der Waals surface area contributed by atoms with Gasteiger partial charge in [0.1, 0.15) is 5.82 Å². The second kappa shape index (κ2) is 5.60. The lowest BCUT2D eigenvalue weighted by atomic mass is 9.95. The number of aliphatic hydroxyl groups is 1. The van der Waals surface area contributed by atoms with Gasteiger partial charge >= 0.3 is 0 Å². The van der Waals surface area contributed by atoms with Crippen LogP contribution in [-0.2, 0) is 17.1 Å². The Morgan fingerprint density at radius 3 is 2.53 bits per heavy atom. The highest BCUT2D eigenvalue weighted by molar-refractivity contribution is 7.89. The molecule has 0 saturated carbocycles. The molecule has 0 amide bonds. The Morgan fingerprint density at radius 2 is 2.11 bits per heavy atom. The summed E-state index contributed by atoms with van der Waals surface area (Å²) in [6.45, 7) is 7.28. The Balaban J connectivity index is 2.76. The number of nitrogens with zero attached hydrogens (tertiary/aromatic N) is 2. The van der Waals surface area contributed by atoms with Crippen molar-refractivity contribution in [3.63, 3.8) is 0 Å². The van der Waals surface area contributed by atoms with Gasteiger partial charge in [-0.1, -0.05) is 13.8 Å². The minimum atomic E-state index is -3.67. The lowest BCUT2D eigenvalue weighted by molar-refractivity contribution is 0.0436. The van der Waals surface area contributed by atoms with E-state index in [9.17, 15) is 13.5 Å². The maximum Gasteiger partial charge on any atom is 0.259 e. The molecule has 0 aromatic carbocycles. The van der Waals surface area contributed by atoms with Crippen LogP contribution in [0.1, 0.15) is 33.0 Å². The van der Waals surface area contributed by atoms with Gasteiger partial charge in [-0.15, -0.1) is 0 Å². The minimum absolute atomic E-state index is 0.0205. The van der Waals surface area contributed by atoms with Crippen LogP contribution in [0.3, 0.4) is 0 Å². The first-order chi connectivity index (χ1) is 8.53. The summed E-state index contributed by atoms with van der Waals surface area (Å²) in [5, 5.41) is 10.1. The Hall–Kier alpha value is -0.920. The van der Waals surface area contributed by atoms with Gasteiger partial charge in [-0.05, 0) is 26.2 Å². The van der Waals surface area contributed by atoms with Gasteiger partial charge in [-0.3, -0.25) is 0 Å². The fourth-order valence-corrected chi connectivity index (χ4v) is 3.13. The smallest absolute Gasteiger partial charge is 0.259 e. The first-order valence-corrected chi connectivity index (χ1v) is 7.74. The molecule has 1 unspecified atom stereocenters. The largest absolute Gasteiger partial charge is 0.389 e. The molecule has 1 rings (SSSR count). The van der Waals surface area contributed by atoms with Crippen LogP contribution < -0.4 is 4.72 Å². The molecular formula is C12H23N3O3S. The zero-order valence-corrected chi connectivity index (χ0v) is 13.0. The maximum absolute atomic E-state index is 12.0. The van der Waals surface area contributed by atoms with Crippen LogP contribution in [0.15, 0.2) is 11.2 Å². The molecular weight excluding hydrogens is 266 g/mol. The van der Waals surface area contributed by atoms with Crippen molar-refractivity contribution in [3.8, 4) is 0 Å². The molecule has 1 heterocycles. The van der Waals surface area contributed by atoms with Crippen molar-refractivity contribution in [3.05, 3.63) is 12.0 Å². The lowest BCUT2D eigenvalue weighted by Gasteiger charge is -2.25. The molecule has 0 aliphatic carbocycles. The molecule has 2 N–H and O–H groups in total. The van der Waals surface area contributed by atoms with E-state index < -0.39 is 15.6 Å². The molecule has 0 saturated heterocycles. The summed E-state index contributed by atoms with van der Waals surface area (Å²) in [6, 6.07) is 0. The second-order valence-electron chi connectivity index (χ2n) is 5.66. The number of aryl methyl sites for hydroxylation is 2. The molecule has 0 spiro atoms. The summed E-state index contributed by atoms with van der Waals surface area (Å²) in [4.78, 5) is 3.97. The summed E-state index contributed by atoms with van der Waals surface area (Å²) in [7, 11) is -1.94. The number of hydrogen-bond donors (Lipinski definition) is 2. The second-order valence-corrected chi connectivity index (χ2v) is 7.37. The summed E-state index contributed by atoms with van der Waals surface area (Å²) in [5.41, 5.74) is -1.06. The number of hydrogen-bond acceptors (Lipinski definition) is 4. The predicted molar refractivity (Wildman–Crippen MR) is 73.2 cm³/mol. The summed E-state index contributed by atoms with van der Waals surface area (Å²) >= 11 is 0. The molecule has 19 heavy (non-hydrogen) atoms. The lowest BCUT2D eigenvalue weighted by Crippen LogP contribution is -2.41. The van der Waals surface area contributed by atoms with Gasteiger partial charge < -0.3 is 9.67 Å². The van der Waals surface area contributed by atoms with Crippen molar-refractivity contribution in [1.82, 2.24) is 14.3 Å². The number of rotatable bonds is 6. The Labute approximate surface area is 114 Å². The van der Waals surface area contributed by atoms with E-state index in [4.69, 9.17) is 0 Å². The van der Waals surface area contributed by atoms with E-state index in [2.05, 4.69) is 9.71 Å². The fourth-order valence-electron chi connectivity index (χ4n) is 1.93. The van der Waals surface area contributed by atoms with Crippen molar-refractivity contribution in [2.45, 2.75) is 44.7 Å². The molecule has 0 bridgehead atoms. The van der Waals surface area contributed by atoms with Gasteiger partial charge in [-0.25, -0.2) is 18.1 Å². The van der Waals surface area contributed by atoms with E-state index >= 15 is 0 Å². The van der Waals surface area contributed by atoms with E-state index in [0.29, 0.717) is 12.2 Å². The monoisotopic (exact) mass is 289 g/mol. The van der Waals surface area contributed by atoms with Crippen LogP contribution in [0.4, 0.5) is 0 Å². The third-order valence-electron chi connectivity index (χ3n) is 2.85. The topological polar surface area (TPSA) is 84.2 Å². The standard InChI is InChI=1S/C12H23N3O3S/c1-9(2)6-12(4,16)8-13-19(17,18)11-7-15(5)10(3)14-11/h7,9,13,16H,6,8H2,1-5H3. The van der Waals surface area contributed by atoms with Crippen molar-refractivity contribution in [1.29, 1.82) is 0 Å². The van der Waals surface area contributed by atoms with Crippen LogP contribution in [0.25, 0.3) is 0 Å². The third-order valence-corrected chi connectivity index (χ3v) is 4.12. The van der Waals surface area contributed by atoms with Crippen LogP contribution >= 0.6 is 0 Å². The normalized spacial score (nSPS) is 15.7. The molecule has 0 aliphatic heterocycles. The van der Waals surface area contributed by atoms with Gasteiger partial charge in [0, 0.05) is 19.8 Å². The number of imidazole rings is 1. The van der Waals surface area contributed by atoms with E-state index in [1.54, 1.807) is 25.5 Å². The zero-order chi connectivity index (χ0) is 14.8. The predicted octanol–water partition coefficient (Wildman–Crippen LogP) is 0.804. The number of nitrogens with one attached hydrogen (secondary N) is 1. The molecule has 1 atom stereocenters. The SMILES string of the molecule is Cc1nc(S(=O)(=O)NCC(C)(O)CC(C)C)cn1C. The van der Waals surface area contributed by atoms with Crippen LogP contribution in [0.5, 0.6) is 0 Å². The zero-order valence-electron chi connectivity index (χ0n) is 12.1. The Morgan fingerprint density at radius 1 is 1.53 bits per heavy atom. The number of aromatic nitrogens is 2. The summed E-state index contributed by atoms with van der Waals surface area (Å²) in [6.07, 6.45) is 1.98. The molecule has 0 radical (unpaired) electrons. The molecule has 7 heteroatoms. The van der Waals surface area contributed by atoms with Crippen LogP contribution in [-0.4, -0.2) is 35.2 Å². The summed E-state index contributed by atoms with van der Waals surface area (Å²) < 4.78 is 28.1. The van der Waals surface area contributed by atoms with Gasteiger partial charge in [0.2, 0.25) is 0 Å². The molecule has 6 nitrogen and oxygen atoms in total. The van der Waals surface area contributed by atoms with Gasteiger partial charge in [-0.2, -0.15) is 0 Å². The molecule has 1 aromatic heterocycles. The van der Waals surface area contributed by atoms with E-state index in [1.165, 1.54) is 6.20 Å². The summed E-state index contributed by atoms with van der Waals surface area (Å²) in [5.74, 6) is 0.908. The van der Waals surface area contributed by atoms with Crippen molar-refractivity contribution in [2.75, 3.05) is 6.54 Å². The highest BCUT2D eigenvalue weighted by Gasteiger charge is 2.26. The quantitative estimate of drug-likeness (QED) is 0.811. The minimum Gasteiger partial charge on any atom is -0.389 e. The Bertz CT molecular complexity index is 513. The average Bonchev–Trinajstić information content (AvgIpc) is 2.56. The molecule has 0 aliphatic rings. The third kappa shape index (κ3) is 4.59.